The lowest BCUT2D eigenvalue weighted by Gasteiger charge is -2.10. The Bertz CT molecular complexity index is 475. The lowest BCUT2D eigenvalue weighted by molar-refractivity contribution is -0.135. The third kappa shape index (κ3) is 6.97. The first-order chi connectivity index (χ1) is 9.81. The Morgan fingerprint density at radius 2 is 2.00 bits per heavy atom. The van der Waals surface area contributed by atoms with E-state index in [1.54, 1.807) is 19.1 Å². The molecule has 0 radical (unpaired) electrons. The lowest BCUT2D eigenvalue weighted by Crippen LogP contribution is -2.26. The summed E-state index contributed by atoms with van der Waals surface area (Å²) < 4.78 is 36.0. The molecule has 0 aliphatic carbocycles. The van der Waals surface area contributed by atoms with Gasteiger partial charge in [0.15, 0.2) is 0 Å². The minimum atomic E-state index is -4.19. The van der Waals surface area contributed by atoms with Crippen molar-refractivity contribution in [2.24, 2.45) is 0 Å². The van der Waals surface area contributed by atoms with Gasteiger partial charge in [-0.2, -0.15) is 13.2 Å². The fourth-order valence-electron chi connectivity index (χ4n) is 1.74. The van der Waals surface area contributed by atoms with E-state index in [0.717, 1.165) is 13.0 Å². The maximum absolute atomic E-state index is 12.0. The molecule has 0 fully saturated rings. The molecule has 0 spiro atoms. The monoisotopic (exact) mass is 303 g/mol. The number of nitrogens with one attached hydrogen (secondary N) is 2. The summed E-state index contributed by atoms with van der Waals surface area (Å²) >= 11 is 0. The summed E-state index contributed by atoms with van der Waals surface area (Å²) in [5.41, 5.74) is 1.07. The first-order valence-electron chi connectivity index (χ1n) is 6.89. The average molecular weight is 303 g/mol. The number of pyridine rings is 1. The second-order valence-electron chi connectivity index (χ2n) is 4.78. The SMILES string of the molecule is CCCNc1cc(C(=O)NCCCC(F)(F)F)cc(C)n1. The number of anilines is 1. The number of aryl methyl sites for hydroxylation is 1. The van der Waals surface area contributed by atoms with Crippen LogP contribution in [0.4, 0.5) is 19.0 Å². The van der Waals surface area contributed by atoms with E-state index in [1.165, 1.54) is 0 Å². The largest absolute Gasteiger partial charge is 0.389 e. The summed E-state index contributed by atoms with van der Waals surface area (Å²) in [5, 5.41) is 5.57. The standard InChI is InChI=1S/C14H20F3N3O/c1-3-6-18-12-9-11(8-10(2)20-12)13(21)19-7-4-5-14(15,16)17/h8-9H,3-7H2,1-2H3,(H,18,20)(H,19,21). The van der Waals surface area contributed by atoms with E-state index in [4.69, 9.17) is 0 Å². The number of amides is 1. The number of rotatable bonds is 7. The van der Waals surface area contributed by atoms with Crippen LogP contribution in [0.15, 0.2) is 12.1 Å². The molecule has 0 bridgehead atoms. The van der Waals surface area contributed by atoms with Crippen LogP contribution in [0.5, 0.6) is 0 Å². The van der Waals surface area contributed by atoms with E-state index < -0.39 is 12.6 Å². The van der Waals surface area contributed by atoms with Crippen molar-refractivity contribution in [2.45, 2.75) is 39.3 Å². The van der Waals surface area contributed by atoms with Gasteiger partial charge in [-0.05, 0) is 31.9 Å². The second kappa shape index (κ2) is 7.85. The van der Waals surface area contributed by atoms with E-state index in [2.05, 4.69) is 15.6 Å². The molecule has 2 N–H and O–H groups in total. The van der Waals surface area contributed by atoms with Crippen LogP contribution in [0.3, 0.4) is 0 Å². The summed E-state index contributed by atoms with van der Waals surface area (Å²) in [6, 6.07) is 3.21. The molecule has 1 heterocycles. The Labute approximate surface area is 122 Å². The molecule has 7 heteroatoms. The van der Waals surface area contributed by atoms with Crippen molar-refractivity contribution >= 4 is 11.7 Å². The number of alkyl halides is 3. The Balaban J connectivity index is 2.55. The van der Waals surface area contributed by atoms with Gasteiger partial charge in [-0.3, -0.25) is 4.79 Å². The Kier molecular flexibility index (Phi) is 6.45. The van der Waals surface area contributed by atoms with Gasteiger partial charge >= 0.3 is 6.18 Å². The Morgan fingerprint density at radius 1 is 1.29 bits per heavy atom. The van der Waals surface area contributed by atoms with Crippen LogP contribution in [0.2, 0.25) is 0 Å². The van der Waals surface area contributed by atoms with Crippen molar-refractivity contribution in [3.63, 3.8) is 0 Å². The third-order valence-corrected chi connectivity index (χ3v) is 2.69. The zero-order valence-electron chi connectivity index (χ0n) is 12.2. The first kappa shape index (κ1) is 17.3. The van der Waals surface area contributed by atoms with Crippen LogP contribution in [0.25, 0.3) is 0 Å². The summed E-state index contributed by atoms with van der Waals surface area (Å²) in [7, 11) is 0. The minimum Gasteiger partial charge on any atom is -0.370 e. The molecule has 0 aliphatic rings. The summed E-state index contributed by atoms with van der Waals surface area (Å²) in [4.78, 5) is 16.1. The van der Waals surface area contributed by atoms with Crippen molar-refractivity contribution in [3.05, 3.63) is 23.4 Å². The van der Waals surface area contributed by atoms with Gasteiger partial charge in [0.2, 0.25) is 0 Å². The van der Waals surface area contributed by atoms with Gasteiger partial charge in [0, 0.05) is 30.8 Å². The maximum atomic E-state index is 12.0. The molecule has 0 aliphatic heterocycles. The first-order valence-corrected chi connectivity index (χ1v) is 6.89. The highest BCUT2D eigenvalue weighted by molar-refractivity contribution is 5.94. The molecule has 0 saturated heterocycles. The van der Waals surface area contributed by atoms with E-state index in [-0.39, 0.29) is 18.9 Å². The maximum Gasteiger partial charge on any atom is 0.389 e. The van der Waals surface area contributed by atoms with Gasteiger partial charge < -0.3 is 10.6 Å². The average Bonchev–Trinajstić information content (AvgIpc) is 2.39. The zero-order chi connectivity index (χ0) is 15.9. The molecule has 0 unspecified atom stereocenters. The van der Waals surface area contributed by atoms with E-state index >= 15 is 0 Å². The van der Waals surface area contributed by atoms with Gasteiger partial charge in [0.1, 0.15) is 5.82 Å². The molecule has 1 aromatic heterocycles. The van der Waals surface area contributed by atoms with Crippen LogP contribution >= 0.6 is 0 Å². The summed E-state index contributed by atoms with van der Waals surface area (Å²) in [6.07, 6.45) is -4.28. The van der Waals surface area contributed by atoms with Crippen molar-refractivity contribution in [1.29, 1.82) is 0 Å². The Hall–Kier alpha value is -1.79. The second-order valence-corrected chi connectivity index (χ2v) is 4.78. The number of nitrogens with zero attached hydrogens (tertiary/aromatic N) is 1. The predicted octanol–water partition coefficient (Wildman–Crippen LogP) is 3.28. The van der Waals surface area contributed by atoms with Crippen LogP contribution in [0.1, 0.15) is 42.2 Å². The van der Waals surface area contributed by atoms with Gasteiger partial charge in [-0.25, -0.2) is 4.98 Å². The smallest absolute Gasteiger partial charge is 0.370 e. The number of hydrogen-bond donors (Lipinski definition) is 2. The molecule has 4 nitrogen and oxygen atoms in total. The van der Waals surface area contributed by atoms with Crippen LogP contribution in [0, 0.1) is 6.92 Å². The molecule has 0 atom stereocenters. The van der Waals surface area contributed by atoms with Gasteiger partial charge in [-0.1, -0.05) is 6.92 Å². The number of carbonyl (C=O) groups excluding carboxylic acids is 1. The molecule has 1 rings (SSSR count). The molecular weight excluding hydrogens is 283 g/mol. The fraction of sp³-hybridized carbons (Fsp3) is 0.571. The molecule has 0 aromatic carbocycles. The van der Waals surface area contributed by atoms with Gasteiger partial charge in [0.05, 0.1) is 0 Å². The van der Waals surface area contributed by atoms with Crippen molar-refractivity contribution in [1.82, 2.24) is 10.3 Å². The van der Waals surface area contributed by atoms with Crippen LogP contribution < -0.4 is 10.6 Å². The topological polar surface area (TPSA) is 54.0 Å². The molecular formula is C14H20F3N3O. The van der Waals surface area contributed by atoms with E-state index in [0.29, 0.717) is 17.1 Å². The third-order valence-electron chi connectivity index (χ3n) is 2.69. The number of halogens is 3. The number of hydrogen-bond acceptors (Lipinski definition) is 3. The molecule has 0 saturated carbocycles. The van der Waals surface area contributed by atoms with Crippen LogP contribution in [-0.2, 0) is 0 Å². The summed E-state index contributed by atoms with van der Waals surface area (Å²) in [6.45, 7) is 4.51. The highest BCUT2D eigenvalue weighted by Crippen LogP contribution is 2.20. The fourth-order valence-corrected chi connectivity index (χ4v) is 1.74. The predicted molar refractivity (Wildman–Crippen MR) is 75.4 cm³/mol. The highest BCUT2D eigenvalue weighted by atomic mass is 19.4. The molecule has 21 heavy (non-hydrogen) atoms. The van der Waals surface area contributed by atoms with Gasteiger partial charge in [-0.15, -0.1) is 0 Å². The quantitative estimate of drug-likeness (QED) is 0.760. The van der Waals surface area contributed by atoms with Crippen molar-refractivity contribution in [3.8, 4) is 0 Å². The number of carbonyl (C=O) groups is 1. The zero-order valence-corrected chi connectivity index (χ0v) is 12.2. The van der Waals surface area contributed by atoms with Crippen molar-refractivity contribution in [2.75, 3.05) is 18.4 Å². The molecule has 1 aromatic rings. The highest BCUT2D eigenvalue weighted by Gasteiger charge is 2.26. The Morgan fingerprint density at radius 3 is 2.62 bits per heavy atom. The lowest BCUT2D eigenvalue weighted by atomic mass is 10.2. The normalized spacial score (nSPS) is 11.3. The van der Waals surface area contributed by atoms with E-state index in [9.17, 15) is 18.0 Å². The summed E-state index contributed by atoms with van der Waals surface area (Å²) in [5.74, 6) is 0.208. The van der Waals surface area contributed by atoms with Crippen molar-refractivity contribution < 1.29 is 18.0 Å². The van der Waals surface area contributed by atoms with Crippen LogP contribution in [-0.4, -0.2) is 30.2 Å². The number of aromatic nitrogens is 1. The molecule has 118 valence electrons. The van der Waals surface area contributed by atoms with E-state index in [1.807, 2.05) is 6.92 Å². The molecule has 1 amide bonds. The minimum absolute atomic E-state index is 0.00254. The van der Waals surface area contributed by atoms with Gasteiger partial charge in [0.25, 0.3) is 5.91 Å².